The van der Waals surface area contributed by atoms with Crippen molar-refractivity contribution in [2.45, 2.75) is 23.8 Å². The van der Waals surface area contributed by atoms with Crippen molar-refractivity contribution < 1.29 is 13.2 Å². The zero-order valence-corrected chi connectivity index (χ0v) is 10.8. The van der Waals surface area contributed by atoms with E-state index in [1.807, 2.05) is 13.0 Å². The molecule has 0 spiro atoms. The van der Waals surface area contributed by atoms with Crippen LogP contribution in [0.5, 0.6) is 0 Å². The smallest absolute Gasteiger partial charge is 0.241 e. The second-order valence-electron chi connectivity index (χ2n) is 4.61. The number of sulfonamides is 1. The SMILES string of the molecule is CC1(NS(=O)(=O)c2cccc(C#N)c2)CCOC1. The van der Waals surface area contributed by atoms with Gasteiger partial charge in [-0.1, -0.05) is 6.07 Å². The predicted molar refractivity (Wildman–Crippen MR) is 65.3 cm³/mol. The van der Waals surface area contributed by atoms with Crippen molar-refractivity contribution in [2.24, 2.45) is 0 Å². The summed E-state index contributed by atoms with van der Waals surface area (Å²) in [6.07, 6.45) is 0.643. The monoisotopic (exact) mass is 266 g/mol. The quantitative estimate of drug-likeness (QED) is 0.885. The van der Waals surface area contributed by atoms with E-state index in [0.717, 1.165) is 0 Å². The van der Waals surface area contributed by atoms with Crippen LogP contribution < -0.4 is 4.72 Å². The second kappa shape index (κ2) is 4.69. The molecule has 0 bridgehead atoms. The Bertz CT molecular complexity index is 584. The Labute approximate surface area is 106 Å². The van der Waals surface area contributed by atoms with Gasteiger partial charge in [-0.15, -0.1) is 0 Å². The van der Waals surface area contributed by atoms with Gasteiger partial charge in [-0.25, -0.2) is 13.1 Å². The highest BCUT2D eigenvalue weighted by molar-refractivity contribution is 7.89. The highest BCUT2D eigenvalue weighted by atomic mass is 32.2. The molecule has 0 aliphatic carbocycles. The van der Waals surface area contributed by atoms with Crippen LogP contribution in [0.15, 0.2) is 29.2 Å². The Morgan fingerprint density at radius 1 is 1.50 bits per heavy atom. The molecule has 0 amide bonds. The Balaban J connectivity index is 2.28. The molecule has 1 N–H and O–H groups in total. The van der Waals surface area contributed by atoms with Crippen LogP contribution in [0.2, 0.25) is 0 Å². The summed E-state index contributed by atoms with van der Waals surface area (Å²) in [7, 11) is -3.62. The summed E-state index contributed by atoms with van der Waals surface area (Å²) in [6.45, 7) is 2.73. The molecule has 1 fully saturated rings. The third-order valence-electron chi connectivity index (χ3n) is 2.87. The molecule has 96 valence electrons. The van der Waals surface area contributed by atoms with Crippen molar-refractivity contribution in [3.63, 3.8) is 0 Å². The average Bonchev–Trinajstić information content (AvgIpc) is 2.75. The van der Waals surface area contributed by atoms with Gasteiger partial charge in [0.15, 0.2) is 0 Å². The first-order chi connectivity index (χ1) is 8.45. The number of nitrogens with one attached hydrogen (secondary N) is 1. The number of hydrogen-bond acceptors (Lipinski definition) is 4. The number of hydrogen-bond donors (Lipinski definition) is 1. The third kappa shape index (κ3) is 2.70. The highest BCUT2D eigenvalue weighted by Gasteiger charge is 2.34. The number of ether oxygens (including phenoxy) is 1. The minimum atomic E-state index is -3.62. The lowest BCUT2D eigenvalue weighted by Gasteiger charge is -2.23. The van der Waals surface area contributed by atoms with Crippen LogP contribution in [-0.2, 0) is 14.8 Å². The van der Waals surface area contributed by atoms with Gasteiger partial charge < -0.3 is 4.74 Å². The van der Waals surface area contributed by atoms with Crippen molar-refractivity contribution >= 4 is 10.0 Å². The summed E-state index contributed by atoms with van der Waals surface area (Å²) in [5.74, 6) is 0. The summed E-state index contributed by atoms with van der Waals surface area (Å²) < 4.78 is 32.2. The summed E-state index contributed by atoms with van der Waals surface area (Å²) in [4.78, 5) is 0.106. The Kier molecular flexibility index (Phi) is 3.39. The van der Waals surface area contributed by atoms with E-state index in [9.17, 15) is 8.42 Å². The molecular formula is C12H14N2O3S. The Morgan fingerprint density at radius 2 is 2.28 bits per heavy atom. The van der Waals surface area contributed by atoms with E-state index >= 15 is 0 Å². The van der Waals surface area contributed by atoms with E-state index in [1.54, 1.807) is 12.1 Å². The van der Waals surface area contributed by atoms with Gasteiger partial charge in [-0.05, 0) is 31.5 Å². The number of nitriles is 1. The van der Waals surface area contributed by atoms with Crippen molar-refractivity contribution in [1.29, 1.82) is 5.26 Å². The van der Waals surface area contributed by atoms with E-state index in [4.69, 9.17) is 10.00 Å². The third-order valence-corrected chi connectivity index (χ3v) is 4.51. The summed E-state index contributed by atoms with van der Waals surface area (Å²) in [5, 5.41) is 8.78. The standard InChI is InChI=1S/C12H14N2O3S/c1-12(5-6-17-9-12)14-18(15,16)11-4-2-3-10(7-11)8-13/h2-4,7,14H,5-6,9H2,1H3. The Morgan fingerprint density at radius 3 is 2.89 bits per heavy atom. The first-order valence-corrected chi connectivity index (χ1v) is 7.05. The van der Waals surface area contributed by atoms with Crippen molar-refractivity contribution in [2.75, 3.05) is 13.2 Å². The lowest BCUT2D eigenvalue weighted by atomic mass is 10.0. The average molecular weight is 266 g/mol. The maximum absolute atomic E-state index is 12.2. The molecule has 0 saturated carbocycles. The fourth-order valence-corrected chi connectivity index (χ4v) is 3.33. The van der Waals surface area contributed by atoms with Gasteiger partial charge in [0, 0.05) is 6.61 Å². The largest absolute Gasteiger partial charge is 0.379 e. The highest BCUT2D eigenvalue weighted by Crippen LogP contribution is 2.21. The topological polar surface area (TPSA) is 79.2 Å². The van der Waals surface area contributed by atoms with Crippen LogP contribution in [-0.4, -0.2) is 27.2 Å². The molecule has 1 heterocycles. The van der Waals surface area contributed by atoms with E-state index in [0.29, 0.717) is 25.2 Å². The van der Waals surface area contributed by atoms with Crippen LogP contribution in [0.3, 0.4) is 0 Å². The Hall–Kier alpha value is -1.42. The minimum absolute atomic E-state index is 0.106. The molecule has 1 aliphatic heterocycles. The lowest BCUT2D eigenvalue weighted by molar-refractivity contribution is 0.178. The summed E-state index contributed by atoms with van der Waals surface area (Å²) in [6, 6.07) is 7.89. The van der Waals surface area contributed by atoms with E-state index in [-0.39, 0.29) is 4.90 Å². The van der Waals surface area contributed by atoms with Gasteiger partial charge >= 0.3 is 0 Å². The summed E-state index contributed by atoms with van der Waals surface area (Å²) >= 11 is 0. The maximum atomic E-state index is 12.2. The number of benzene rings is 1. The zero-order chi connectivity index (χ0) is 13.2. The molecule has 18 heavy (non-hydrogen) atoms. The van der Waals surface area contributed by atoms with Crippen molar-refractivity contribution in [3.8, 4) is 6.07 Å². The first kappa shape index (κ1) is 13.0. The molecule has 6 heteroatoms. The molecule has 1 unspecified atom stereocenters. The van der Waals surface area contributed by atoms with Gasteiger partial charge in [0.1, 0.15) is 0 Å². The van der Waals surface area contributed by atoms with Crippen molar-refractivity contribution in [3.05, 3.63) is 29.8 Å². The minimum Gasteiger partial charge on any atom is -0.379 e. The molecule has 0 radical (unpaired) electrons. The predicted octanol–water partition coefficient (Wildman–Crippen LogP) is 1.02. The van der Waals surface area contributed by atoms with Crippen LogP contribution in [0, 0.1) is 11.3 Å². The van der Waals surface area contributed by atoms with Gasteiger partial charge in [-0.2, -0.15) is 5.26 Å². The molecule has 1 atom stereocenters. The molecule has 1 aromatic rings. The fourth-order valence-electron chi connectivity index (χ4n) is 1.86. The molecule has 1 saturated heterocycles. The van der Waals surface area contributed by atoms with E-state index in [2.05, 4.69) is 4.72 Å². The zero-order valence-electron chi connectivity index (χ0n) is 10.0. The van der Waals surface area contributed by atoms with E-state index in [1.165, 1.54) is 12.1 Å². The van der Waals surface area contributed by atoms with Crippen LogP contribution in [0.1, 0.15) is 18.9 Å². The number of rotatable bonds is 3. The van der Waals surface area contributed by atoms with Gasteiger partial charge in [0.25, 0.3) is 0 Å². The molecule has 0 aromatic heterocycles. The lowest BCUT2D eigenvalue weighted by Crippen LogP contribution is -2.46. The first-order valence-electron chi connectivity index (χ1n) is 5.57. The van der Waals surface area contributed by atoms with E-state index < -0.39 is 15.6 Å². The maximum Gasteiger partial charge on any atom is 0.241 e. The van der Waals surface area contributed by atoms with Crippen molar-refractivity contribution in [1.82, 2.24) is 4.72 Å². The van der Waals surface area contributed by atoms with Crippen LogP contribution >= 0.6 is 0 Å². The second-order valence-corrected chi connectivity index (χ2v) is 6.29. The van der Waals surface area contributed by atoms with Gasteiger partial charge in [0.2, 0.25) is 10.0 Å². The molecule has 5 nitrogen and oxygen atoms in total. The molecule has 1 aromatic carbocycles. The fraction of sp³-hybridized carbons (Fsp3) is 0.417. The summed E-state index contributed by atoms with van der Waals surface area (Å²) in [5.41, 5.74) is -0.243. The normalized spacial score (nSPS) is 23.8. The van der Waals surface area contributed by atoms with Crippen LogP contribution in [0.25, 0.3) is 0 Å². The van der Waals surface area contributed by atoms with Gasteiger partial charge in [0.05, 0.1) is 28.7 Å². The van der Waals surface area contributed by atoms with Crippen LogP contribution in [0.4, 0.5) is 0 Å². The molecular weight excluding hydrogens is 252 g/mol. The number of nitrogens with zero attached hydrogens (tertiary/aromatic N) is 1. The van der Waals surface area contributed by atoms with Gasteiger partial charge in [-0.3, -0.25) is 0 Å². The molecule has 1 aliphatic rings. The molecule has 2 rings (SSSR count).